The lowest BCUT2D eigenvalue weighted by atomic mass is 9.68. The fraction of sp³-hybridized carbons (Fsp3) is 0.895. The molecule has 0 atom stereocenters. The van der Waals surface area contributed by atoms with Crippen LogP contribution in [0.15, 0.2) is 12.2 Å². The summed E-state index contributed by atoms with van der Waals surface area (Å²) < 4.78 is 0. The van der Waals surface area contributed by atoms with Gasteiger partial charge < -0.3 is 0 Å². The van der Waals surface area contributed by atoms with Crippen molar-refractivity contribution in [3.8, 4) is 0 Å². The standard InChI is InChI=1S/C19H34/c1-3-5-7-17-10-14-19(15-11-17)18-12-8-16(6-4-2)9-13-18/h5,7,16-19H,3-4,6,8-15H2,1-2H3/b7-5+. The van der Waals surface area contributed by atoms with Crippen LogP contribution in [0.25, 0.3) is 0 Å². The second kappa shape index (κ2) is 8.12. The molecule has 0 saturated heterocycles. The van der Waals surface area contributed by atoms with E-state index in [9.17, 15) is 0 Å². The number of rotatable bonds is 5. The lowest BCUT2D eigenvalue weighted by Gasteiger charge is -2.37. The Balaban J connectivity index is 1.69. The molecule has 0 aromatic carbocycles. The van der Waals surface area contributed by atoms with Gasteiger partial charge in [-0.25, -0.2) is 0 Å². The summed E-state index contributed by atoms with van der Waals surface area (Å²) in [6.07, 6.45) is 21.1. The summed E-state index contributed by atoms with van der Waals surface area (Å²) >= 11 is 0. The summed E-state index contributed by atoms with van der Waals surface area (Å²) in [6.45, 7) is 4.59. The van der Waals surface area contributed by atoms with Gasteiger partial charge in [0.15, 0.2) is 0 Å². The maximum atomic E-state index is 2.49. The van der Waals surface area contributed by atoms with Gasteiger partial charge in [0.05, 0.1) is 0 Å². The first kappa shape index (κ1) is 15.1. The molecule has 0 heterocycles. The number of allylic oxidation sites excluding steroid dienone is 2. The Morgan fingerprint density at radius 3 is 1.89 bits per heavy atom. The van der Waals surface area contributed by atoms with E-state index in [1.807, 2.05) is 0 Å². The van der Waals surface area contributed by atoms with Crippen LogP contribution in [0, 0.1) is 23.7 Å². The quantitative estimate of drug-likeness (QED) is 0.505. The van der Waals surface area contributed by atoms with Gasteiger partial charge in [-0.3, -0.25) is 0 Å². The average molecular weight is 262 g/mol. The largest absolute Gasteiger partial charge is 0.0885 e. The van der Waals surface area contributed by atoms with Gasteiger partial charge in [-0.1, -0.05) is 51.7 Å². The topological polar surface area (TPSA) is 0 Å². The van der Waals surface area contributed by atoms with Crippen LogP contribution in [0.5, 0.6) is 0 Å². The number of hydrogen-bond acceptors (Lipinski definition) is 0. The van der Waals surface area contributed by atoms with Crippen molar-refractivity contribution < 1.29 is 0 Å². The molecule has 0 aliphatic heterocycles. The summed E-state index contributed by atoms with van der Waals surface area (Å²) in [4.78, 5) is 0. The highest BCUT2D eigenvalue weighted by Crippen LogP contribution is 2.42. The maximum Gasteiger partial charge on any atom is -0.0233 e. The Kier molecular flexibility index (Phi) is 6.47. The third-order valence-electron chi connectivity index (χ3n) is 5.72. The second-order valence-corrected chi connectivity index (χ2v) is 7.08. The van der Waals surface area contributed by atoms with Crippen LogP contribution in [-0.4, -0.2) is 0 Å². The first-order valence-corrected chi connectivity index (χ1v) is 9.00. The van der Waals surface area contributed by atoms with Crippen molar-refractivity contribution >= 4 is 0 Å². The average Bonchev–Trinajstić information content (AvgIpc) is 2.47. The van der Waals surface area contributed by atoms with E-state index in [1.54, 1.807) is 12.8 Å². The van der Waals surface area contributed by atoms with Crippen molar-refractivity contribution in [2.45, 2.75) is 84.5 Å². The molecule has 2 fully saturated rings. The van der Waals surface area contributed by atoms with Crippen LogP contribution in [0.3, 0.4) is 0 Å². The summed E-state index contributed by atoms with van der Waals surface area (Å²) in [5, 5.41) is 0. The van der Waals surface area contributed by atoms with E-state index in [0.717, 1.165) is 23.7 Å². The zero-order valence-corrected chi connectivity index (χ0v) is 13.2. The Bertz CT molecular complexity index is 249. The third kappa shape index (κ3) is 4.65. The molecule has 0 heteroatoms. The minimum Gasteiger partial charge on any atom is -0.0885 e. The Morgan fingerprint density at radius 1 is 0.789 bits per heavy atom. The van der Waals surface area contributed by atoms with Crippen LogP contribution in [0.2, 0.25) is 0 Å². The minimum atomic E-state index is 0.910. The van der Waals surface area contributed by atoms with E-state index in [2.05, 4.69) is 26.0 Å². The molecule has 0 nitrogen and oxygen atoms in total. The van der Waals surface area contributed by atoms with E-state index in [1.165, 1.54) is 57.8 Å². The highest BCUT2D eigenvalue weighted by atomic mass is 14.3. The van der Waals surface area contributed by atoms with Crippen molar-refractivity contribution in [2.24, 2.45) is 23.7 Å². The molecule has 0 spiro atoms. The van der Waals surface area contributed by atoms with Gasteiger partial charge >= 0.3 is 0 Å². The highest BCUT2D eigenvalue weighted by molar-refractivity contribution is 4.91. The maximum absolute atomic E-state index is 2.49. The van der Waals surface area contributed by atoms with Crippen molar-refractivity contribution in [1.82, 2.24) is 0 Å². The molecule has 2 rings (SSSR count). The molecule has 0 unspecified atom stereocenters. The molecule has 19 heavy (non-hydrogen) atoms. The number of hydrogen-bond donors (Lipinski definition) is 0. The van der Waals surface area contributed by atoms with E-state index >= 15 is 0 Å². The molecule has 0 aromatic rings. The van der Waals surface area contributed by atoms with Gasteiger partial charge in [0.2, 0.25) is 0 Å². The van der Waals surface area contributed by atoms with Gasteiger partial charge in [-0.2, -0.15) is 0 Å². The predicted molar refractivity (Wildman–Crippen MR) is 85.2 cm³/mol. The first-order valence-electron chi connectivity index (χ1n) is 9.00. The SMILES string of the molecule is CC/C=C/C1CCC(C2CCC(CCC)CC2)CC1. The molecule has 2 aliphatic rings. The molecular weight excluding hydrogens is 228 g/mol. The lowest BCUT2D eigenvalue weighted by molar-refractivity contribution is 0.152. The molecule has 0 amide bonds. The fourth-order valence-electron chi connectivity index (χ4n) is 4.49. The van der Waals surface area contributed by atoms with Crippen LogP contribution < -0.4 is 0 Å². The van der Waals surface area contributed by atoms with Gasteiger partial charge in [0.25, 0.3) is 0 Å². The first-order chi connectivity index (χ1) is 9.33. The normalized spacial score (nSPS) is 36.7. The van der Waals surface area contributed by atoms with Gasteiger partial charge in [0, 0.05) is 0 Å². The molecule has 110 valence electrons. The zero-order chi connectivity index (χ0) is 13.5. The molecule has 0 radical (unpaired) electrons. The van der Waals surface area contributed by atoms with E-state index in [4.69, 9.17) is 0 Å². The van der Waals surface area contributed by atoms with E-state index in [0.29, 0.717) is 0 Å². The van der Waals surface area contributed by atoms with Crippen molar-refractivity contribution in [3.05, 3.63) is 12.2 Å². The van der Waals surface area contributed by atoms with Crippen molar-refractivity contribution in [3.63, 3.8) is 0 Å². The van der Waals surface area contributed by atoms with Crippen LogP contribution in [0.1, 0.15) is 84.5 Å². The Morgan fingerprint density at radius 2 is 1.37 bits per heavy atom. The van der Waals surface area contributed by atoms with Gasteiger partial charge in [0.1, 0.15) is 0 Å². The summed E-state index contributed by atoms with van der Waals surface area (Å²) in [6, 6.07) is 0. The Hall–Kier alpha value is -0.260. The van der Waals surface area contributed by atoms with E-state index < -0.39 is 0 Å². The van der Waals surface area contributed by atoms with E-state index in [-0.39, 0.29) is 0 Å². The molecule has 2 aliphatic carbocycles. The van der Waals surface area contributed by atoms with Gasteiger partial charge in [-0.15, -0.1) is 0 Å². The predicted octanol–water partition coefficient (Wildman–Crippen LogP) is 6.37. The summed E-state index contributed by atoms with van der Waals surface area (Å²) in [5.74, 6) is 4.15. The van der Waals surface area contributed by atoms with Crippen molar-refractivity contribution in [1.29, 1.82) is 0 Å². The smallest absolute Gasteiger partial charge is 0.0233 e. The zero-order valence-electron chi connectivity index (χ0n) is 13.2. The summed E-state index contributed by atoms with van der Waals surface area (Å²) in [7, 11) is 0. The monoisotopic (exact) mass is 262 g/mol. The van der Waals surface area contributed by atoms with Crippen LogP contribution in [-0.2, 0) is 0 Å². The molecule has 0 aromatic heterocycles. The highest BCUT2D eigenvalue weighted by Gasteiger charge is 2.29. The molecule has 2 saturated carbocycles. The Labute approximate surface area is 121 Å². The lowest BCUT2D eigenvalue weighted by Crippen LogP contribution is -2.25. The molecule has 0 N–H and O–H groups in total. The van der Waals surface area contributed by atoms with Crippen LogP contribution in [0.4, 0.5) is 0 Å². The second-order valence-electron chi connectivity index (χ2n) is 7.08. The fourth-order valence-corrected chi connectivity index (χ4v) is 4.49. The van der Waals surface area contributed by atoms with Crippen molar-refractivity contribution in [2.75, 3.05) is 0 Å². The van der Waals surface area contributed by atoms with Crippen LogP contribution >= 0.6 is 0 Å². The molecule has 0 bridgehead atoms. The third-order valence-corrected chi connectivity index (χ3v) is 5.72. The molecular formula is C19H34. The van der Waals surface area contributed by atoms with Gasteiger partial charge in [-0.05, 0) is 68.6 Å². The summed E-state index contributed by atoms with van der Waals surface area (Å²) in [5.41, 5.74) is 0. The minimum absolute atomic E-state index is 0.910.